The van der Waals surface area contributed by atoms with Crippen molar-refractivity contribution in [2.45, 2.75) is 39.7 Å². The molecule has 0 fully saturated rings. The van der Waals surface area contributed by atoms with Crippen LogP contribution in [0.25, 0.3) is 0 Å². The second kappa shape index (κ2) is 5.70. The van der Waals surface area contributed by atoms with Crippen LogP contribution in [0.2, 0.25) is 0 Å². The molecule has 1 heterocycles. The van der Waals surface area contributed by atoms with Crippen LogP contribution in [0.4, 0.5) is 0 Å². The molecule has 0 spiro atoms. The van der Waals surface area contributed by atoms with Crippen molar-refractivity contribution in [3.05, 3.63) is 5.82 Å². The van der Waals surface area contributed by atoms with E-state index in [2.05, 4.69) is 39.8 Å². The normalized spacial score (nSPS) is 13.4. The summed E-state index contributed by atoms with van der Waals surface area (Å²) in [6.07, 6.45) is 2.42. The Labute approximate surface area is 84.7 Å². The number of hydrogen-bond acceptors (Lipinski definition) is 4. The molecule has 0 amide bonds. The minimum atomic E-state index is 0.175. The van der Waals surface area contributed by atoms with Gasteiger partial charge in [0.1, 0.15) is 0 Å². The molecule has 0 saturated carbocycles. The number of H-pyrrole nitrogens is 1. The fraction of sp³-hybridized carbons (Fsp3) is 0.889. The lowest BCUT2D eigenvalue weighted by atomic mass is 10.0. The van der Waals surface area contributed by atoms with Gasteiger partial charge in [0.25, 0.3) is 0 Å². The Morgan fingerprint density at radius 2 is 2.07 bits per heavy atom. The zero-order valence-corrected chi connectivity index (χ0v) is 9.12. The molecule has 0 aromatic carbocycles. The Morgan fingerprint density at radius 1 is 1.36 bits per heavy atom. The average Bonchev–Trinajstić information content (AvgIpc) is 2.72. The summed E-state index contributed by atoms with van der Waals surface area (Å²) in [5.41, 5.74) is 0. The molecule has 1 aromatic rings. The van der Waals surface area contributed by atoms with Crippen LogP contribution in [0.5, 0.6) is 0 Å². The lowest BCUT2D eigenvalue weighted by molar-refractivity contribution is 0.415. The monoisotopic (exact) mass is 197 g/mol. The Balaban J connectivity index is 2.31. The van der Waals surface area contributed by atoms with Crippen molar-refractivity contribution in [3.8, 4) is 0 Å². The molecule has 80 valence electrons. The summed E-state index contributed by atoms with van der Waals surface area (Å²) in [6.45, 7) is 7.50. The maximum Gasteiger partial charge on any atom is 0.191 e. The quantitative estimate of drug-likeness (QED) is 0.721. The van der Waals surface area contributed by atoms with Crippen molar-refractivity contribution in [3.63, 3.8) is 0 Å². The minimum absolute atomic E-state index is 0.175. The topological polar surface area (TPSA) is 66.5 Å². The van der Waals surface area contributed by atoms with E-state index < -0.39 is 0 Å². The van der Waals surface area contributed by atoms with Crippen LogP contribution in [0.1, 0.15) is 45.5 Å². The molecule has 1 rings (SSSR count). The Morgan fingerprint density at radius 3 is 2.57 bits per heavy atom. The second-order valence-corrected chi connectivity index (χ2v) is 3.58. The first-order valence-corrected chi connectivity index (χ1v) is 5.24. The summed E-state index contributed by atoms with van der Waals surface area (Å²) >= 11 is 0. The summed E-state index contributed by atoms with van der Waals surface area (Å²) < 4.78 is 0. The van der Waals surface area contributed by atoms with Gasteiger partial charge >= 0.3 is 0 Å². The molecule has 2 N–H and O–H groups in total. The molecule has 1 atom stereocenters. The van der Waals surface area contributed by atoms with E-state index >= 15 is 0 Å². The first-order valence-electron chi connectivity index (χ1n) is 5.24. The van der Waals surface area contributed by atoms with Crippen LogP contribution in [0.15, 0.2) is 0 Å². The zero-order valence-electron chi connectivity index (χ0n) is 9.12. The van der Waals surface area contributed by atoms with Crippen LogP contribution < -0.4 is 5.32 Å². The number of nitrogens with one attached hydrogen (secondary N) is 2. The lowest BCUT2D eigenvalue weighted by Gasteiger charge is -2.15. The van der Waals surface area contributed by atoms with E-state index in [0.29, 0.717) is 0 Å². The SMILES string of the molecule is CCC(CC)CNC(C)c1nn[nH]n1. The van der Waals surface area contributed by atoms with Crippen LogP contribution in [0.3, 0.4) is 0 Å². The van der Waals surface area contributed by atoms with Gasteiger partial charge in [-0.3, -0.25) is 0 Å². The fourth-order valence-electron chi connectivity index (χ4n) is 1.37. The molecule has 0 aliphatic carbocycles. The number of aromatic nitrogens is 4. The summed E-state index contributed by atoms with van der Waals surface area (Å²) in [7, 11) is 0. The van der Waals surface area contributed by atoms with E-state index in [1.807, 2.05) is 6.92 Å². The summed E-state index contributed by atoms with van der Waals surface area (Å²) in [5, 5.41) is 17.3. The van der Waals surface area contributed by atoms with Gasteiger partial charge in [0.05, 0.1) is 6.04 Å². The third-order valence-electron chi connectivity index (χ3n) is 2.62. The van der Waals surface area contributed by atoms with Gasteiger partial charge in [-0.25, -0.2) is 0 Å². The highest BCUT2D eigenvalue weighted by molar-refractivity contribution is 4.85. The first kappa shape index (κ1) is 11.1. The number of rotatable bonds is 6. The maximum absolute atomic E-state index is 3.94. The second-order valence-electron chi connectivity index (χ2n) is 3.58. The van der Waals surface area contributed by atoms with Gasteiger partial charge in [-0.15, -0.1) is 10.2 Å². The molecule has 0 aliphatic rings. The van der Waals surface area contributed by atoms with Gasteiger partial charge in [0, 0.05) is 0 Å². The third-order valence-corrected chi connectivity index (χ3v) is 2.62. The highest BCUT2D eigenvalue weighted by Gasteiger charge is 2.11. The van der Waals surface area contributed by atoms with Crippen molar-refractivity contribution in [1.82, 2.24) is 25.9 Å². The number of tetrazole rings is 1. The van der Waals surface area contributed by atoms with E-state index in [-0.39, 0.29) is 6.04 Å². The van der Waals surface area contributed by atoms with Crippen LogP contribution >= 0.6 is 0 Å². The summed E-state index contributed by atoms with van der Waals surface area (Å²) in [6, 6.07) is 0.175. The van der Waals surface area contributed by atoms with Gasteiger partial charge in [-0.05, 0) is 19.4 Å². The van der Waals surface area contributed by atoms with Gasteiger partial charge in [-0.2, -0.15) is 5.21 Å². The molecule has 0 bridgehead atoms. The van der Waals surface area contributed by atoms with Crippen molar-refractivity contribution in [2.24, 2.45) is 5.92 Å². The van der Waals surface area contributed by atoms with Gasteiger partial charge in [0.2, 0.25) is 0 Å². The summed E-state index contributed by atoms with van der Waals surface area (Å²) in [5.74, 6) is 1.47. The molecule has 0 aliphatic heterocycles. The maximum atomic E-state index is 3.94. The molecular formula is C9H19N5. The molecule has 14 heavy (non-hydrogen) atoms. The van der Waals surface area contributed by atoms with Crippen molar-refractivity contribution < 1.29 is 0 Å². The third kappa shape index (κ3) is 3.06. The van der Waals surface area contributed by atoms with Crippen molar-refractivity contribution in [2.75, 3.05) is 6.54 Å². The Bertz CT molecular complexity index is 229. The van der Waals surface area contributed by atoms with Gasteiger partial charge in [-0.1, -0.05) is 31.9 Å². The highest BCUT2D eigenvalue weighted by Crippen LogP contribution is 2.09. The predicted molar refractivity (Wildman–Crippen MR) is 54.7 cm³/mol. The van der Waals surface area contributed by atoms with Crippen molar-refractivity contribution in [1.29, 1.82) is 0 Å². The van der Waals surface area contributed by atoms with E-state index in [4.69, 9.17) is 0 Å². The number of nitrogens with zero attached hydrogens (tertiary/aromatic N) is 3. The predicted octanol–water partition coefficient (Wildman–Crippen LogP) is 1.29. The van der Waals surface area contributed by atoms with Gasteiger partial charge in [0.15, 0.2) is 5.82 Å². The van der Waals surface area contributed by atoms with Crippen LogP contribution in [0, 0.1) is 5.92 Å². The highest BCUT2D eigenvalue weighted by atomic mass is 15.5. The van der Waals surface area contributed by atoms with Crippen molar-refractivity contribution >= 4 is 0 Å². The fourth-order valence-corrected chi connectivity index (χ4v) is 1.37. The van der Waals surface area contributed by atoms with E-state index in [9.17, 15) is 0 Å². The van der Waals surface area contributed by atoms with Crippen LogP contribution in [-0.4, -0.2) is 27.2 Å². The van der Waals surface area contributed by atoms with E-state index in [1.54, 1.807) is 0 Å². The molecule has 0 radical (unpaired) electrons. The smallest absolute Gasteiger partial charge is 0.191 e. The zero-order chi connectivity index (χ0) is 10.4. The van der Waals surface area contributed by atoms with Crippen LogP contribution in [-0.2, 0) is 0 Å². The molecule has 0 saturated heterocycles. The molecule has 5 nitrogen and oxygen atoms in total. The molecule has 5 heteroatoms. The lowest BCUT2D eigenvalue weighted by Crippen LogP contribution is -2.26. The number of aromatic amines is 1. The Kier molecular flexibility index (Phi) is 4.52. The molecule has 1 aromatic heterocycles. The van der Waals surface area contributed by atoms with E-state index in [0.717, 1.165) is 18.3 Å². The van der Waals surface area contributed by atoms with Gasteiger partial charge < -0.3 is 5.32 Å². The average molecular weight is 197 g/mol. The standard InChI is InChI=1S/C9H19N5/c1-4-8(5-2)6-10-7(3)9-11-13-14-12-9/h7-8,10H,4-6H2,1-3H3,(H,11,12,13,14). The molecular weight excluding hydrogens is 178 g/mol. The largest absolute Gasteiger partial charge is 0.307 e. The summed E-state index contributed by atoms with van der Waals surface area (Å²) in [4.78, 5) is 0. The van der Waals surface area contributed by atoms with E-state index in [1.165, 1.54) is 12.8 Å². The Hall–Kier alpha value is -0.970. The number of hydrogen-bond donors (Lipinski definition) is 2. The first-order chi connectivity index (χ1) is 6.77. The minimum Gasteiger partial charge on any atom is -0.307 e. The molecule has 1 unspecified atom stereocenters.